The predicted molar refractivity (Wildman–Crippen MR) is 82.7 cm³/mol. The number of hydrogen-bond donors (Lipinski definition) is 1. The van der Waals surface area contributed by atoms with Gasteiger partial charge in [-0.25, -0.2) is 0 Å². The summed E-state index contributed by atoms with van der Waals surface area (Å²) in [4.78, 5) is 2.56. The van der Waals surface area contributed by atoms with Crippen LogP contribution in [0.15, 0.2) is 18.2 Å². The molecular formula is C15H24N2S. The summed E-state index contributed by atoms with van der Waals surface area (Å²) in [7, 11) is 0. The molecule has 1 aliphatic heterocycles. The van der Waals surface area contributed by atoms with E-state index < -0.39 is 0 Å². The van der Waals surface area contributed by atoms with Gasteiger partial charge < -0.3 is 10.2 Å². The Morgan fingerprint density at radius 1 is 1.44 bits per heavy atom. The molecule has 1 unspecified atom stereocenters. The molecule has 100 valence electrons. The predicted octanol–water partition coefficient (Wildman–Crippen LogP) is 3.05. The molecule has 1 heterocycles. The molecule has 0 aliphatic carbocycles. The van der Waals surface area contributed by atoms with Crippen molar-refractivity contribution in [2.75, 3.05) is 29.5 Å². The summed E-state index contributed by atoms with van der Waals surface area (Å²) in [6.45, 7) is 9.90. The van der Waals surface area contributed by atoms with Crippen LogP contribution >= 0.6 is 11.8 Å². The molecule has 1 aliphatic rings. The van der Waals surface area contributed by atoms with Crippen LogP contribution in [-0.2, 0) is 6.54 Å². The Labute approximate surface area is 115 Å². The Bertz CT molecular complexity index is 392. The van der Waals surface area contributed by atoms with Crippen LogP contribution in [0.25, 0.3) is 0 Å². The Balaban J connectivity index is 2.13. The number of hydrogen-bond acceptors (Lipinski definition) is 3. The highest BCUT2D eigenvalue weighted by Gasteiger charge is 2.20. The number of benzene rings is 1. The first-order chi connectivity index (χ1) is 8.72. The van der Waals surface area contributed by atoms with Crippen LogP contribution in [0.1, 0.15) is 25.0 Å². The van der Waals surface area contributed by atoms with Gasteiger partial charge in [0, 0.05) is 36.3 Å². The smallest absolute Gasteiger partial charge is 0.0399 e. The summed E-state index contributed by atoms with van der Waals surface area (Å²) in [5, 5.41) is 3.38. The van der Waals surface area contributed by atoms with E-state index in [1.807, 2.05) is 0 Å². The lowest BCUT2D eigenvalue weighted by Crippen LogP contribution is -2.40. The Morgan fingerprint density at radius 3 is 2.94 bits per heavy atom. The fraction of sp³-hybridized carbons (Fsp3) is 0.600. The van der Waals surface area contributed by atoms with Gasteiger partial charge >= 0.3 is 0 Å². The standard InChI is InChI=1S/C15H24N2S/c1-4-16-10-14-5-6-15(12(2)9-14)17-7-8-18-11-13(17)3/h5-6,9,13,16H,4,7-8,10-11H2,1-3H3. The first-order valence-corrected chi connectivity index (χ1v) is 8.02. The van der Waals surface area contributed by atoms with Gasteiger partial charge in [-0.3, -0.25) is 0 Å². The highest BCUT2D eigenvalue weighted by molar-refractivity contribution is 7.99. The van der Waals surface area contributed by atoms with Crippen LogP contribution in [0.4, 0.5) is 5.69 Å². The second-order valence-electron chi connectivity index (χ2n) is 5.02. The molecule has 1 saturated heterocycles. The highest BCUT2D eigenvalue weighted by Crippen LogP contribution is 2.27. The van der Waals surface area contributed by atoms with Crippen molar-refractivity contribution in [1.82, 2.24) is 5.32 Å². The minimum atomic E-state index is 0.655. The van der Waals surface area contributed by atoms with Crippen LogP contribution in [0.2, 0.25) is 0 Å². The minimum absolute atomic E-state index is 0.655. The SMILES string of the molecule is CCNCc1ccc(N2CCSCC2C)c(C)c1. The minimum Gasteiger partial charge on any atom is -0.367 e. The quantitative estimate of drug-likeness (QED) is 0.900. The summed E-state index contributed by atoms with van der Waals surface area (Å²) in [6, 6.07) is 7.54. The van der Waals surface area contributed by atoms with Crippen LogP contribution in [-0.4, -0.2) is 30.6 Å². The Kier molecular flexibility index (Phi) is 4.95. The summed E-state index contributed by atoms with van der Waals surface area (Å²) < 4.78 is 0. The molecule has 0 amide bonds. The van der Waals surface area contributed by atoms with E-state index >= 15 is 0 Å². The second kappa shape index (κ2) is 6.48. The molecule has 2 rings (SSSR count). The van der Waals surface area contributed by atoms with Crippen molar-refractivity contribution in [1.29, 1.82) is 0 Å². The van der Waals surface area contributed by atoms with E-state index in [2.05, 4.69) is 60.9 Å². The Morgan fingerprint density at radius 2 is 2.28 bits per heavy atom. The van der Waals surface area contributed by atoms with Crippen LogP contribution in [0.3, 0.4) is 0 Å². The summed E-state index contributed by atoms with van der Waals surface area (Å²) >= 11 is 2.07. The molecule has 0 bridgehead atoms. The summed E-state index contributed by atoms with van der Waals surface area (Å²) in [5.74, 6) is 2.50. The Hall–Kier alpha value is -0.670. The lowest BCUT2D eigenvalue weighted by atomic mass is 10.1. The normalized spacial score (nSPS) is 20.2. The van der Waals surface area contributed by atoms with E-state index in [0.29, 0.717) is 6.04 Å². The van der Waals surface area contributed by atoms with Crippen molar-refractivity contribution in [3.63, 3.8) is 0 Å². The zero-order valence-electron chi connectivity index (χ0n) is 11.7. The van der Waals surface area contributed by atoms with Crippen LogP contribution in [0.5, 0.6) is 0 Å². The molecule has 0 aromatic heterocycles. The molecule has 1 fully saturated rings. The largest absolute Gasteiger partial charge is 0.367 e. The average molecular weight is 264 g/mol. The molecule has 18 heavy (non-hydrogen) atoms. The number of aryl methyl sites for hydroxylation is 1. The molecule has 0 radical (unpaired) electrons. The maximum atomic E-state index is 3.38. The number of nitrogens with zero attached hydrogens (tertiary/aromatic N) is 1. The fourth-order valence-electron chi connectivity index (χ4n) is 2.50. The van der Waals surface area contributed by atoms with Gasteiger partial charge in [0.05, 0.1) is 0 Å². The third kappa shape index (κ3) is 3.21. The fourth-order valence-corrected chi connectivity index (χ4v) is 3.52. The van der Waals surface area contributed by atoms with Gasteiger partial charge in [0.15, 0.2) is 0 Å². The van der Waals surface area contributed by atoms with E-state index in [-0.39, 0.29) is 0 Å². The summed E-state index contributed by atoms with van der Waals surface area (Å²) in [5.41, 5.74) is 4.21. The molecule has 2 nitrogen and oxygen atoms in total. The van der Waals surface area contributed by atoms with Gasteiger partial charge in [-0.1, -0.05) is 19.1 Å². The molecule has 0 spiro atoms. The van der Waals surface area contributed by atoms with Crippen LogP contribution in [0, 0.1) is 6.92 Å². The van der Waals surface area contributed by atoms with Gasteiger partial charge in [0.25, 0.3) is 0 Å². The van der Waals surface area contributed by atoms with E-state index in [1.54, 1.807) is 0 Å². The monoisotopic (exact) mass is 264 g/mol. The van der Waals surface area contributed by atoms with Crippen LogP contribution < -0.4 is 10.2 Å². The van der Waals surface area contributed by atoms with E-state index in [9.17, 15) is 0 Å². The van der Waals surface area contributed by atoms with E-state index in [1.165, 1.54) is 34.9 Å². The first kappa shape index (κ1) is 13.8. The molecule has 1 aromatic rings. The molecule has 0 saturated carbocycles. The topological polar surface area (TPSA) is 15.3 Å². The van der Waals surface area contributed by atoms with Crippen molar-refractivity contribution >= 4 is 17.4 Å². The van der Waals surface area contributed by atoms with Crippen molar-refractivity contribution in [2.45, 2.75) is 33.4 Å². The first-order valence-electron chi connectivity index (χ1n) is 6.87. The zero-order valence-corrected chi connectivity index (χ0v) is 12.5. The van der Waals surface area contributed by atoms with E-state index in [0.717, 1.165) is 13.1 Å². The van der Waals surface area contributed by atoms with Gasteiger partial charge in [-0.05, 0) is 37.6 Å². The number of rotatable bonds is 4. The number of thioether (sulfide) groups is 1. The van der Waals surface area contributed by atoms with Crippen molar-refractivity contribution in [3.05, 3.63) is 29.3 Å². The van der Waals surface area contributed by atoms with Crippen molar-refractivity contribution in [2.24, 2.45) is 0 Å². The number of anilines is 1. The third-order valence-electron chi connectivity index (χ3n) is 3.52. The molecule has 1 atom stereocenters. The zero-order chi connectivity index (χ0) is 13.0. The van der Waals surface area contributed by atoms with Gasteiger partial charge in [0.2, 0.25) is 0 Å². The maximum absolute atomic E-state index is 3.38. The lowest BCUT2D eigenvalue weighted by molar-refractivity contribution is 0.696. The van der Waals surface area contributed by atoms with Gasteiger partial charge in [0.1, 0.15) is 0 Å². The maximum Gasteiger partial charge on any atom is 0.0399 e. The van der Waals surface area contributed by atoms with Crippen molar-refractivity contribution in [3.8, 4) is 0 Å². The average Bonchev–Trinajstić information content (AvgIpc) is 2.38. The second-order valence-corrected chi connectivity index (χ2v) is 6.17. The molecule has 3 heteroatoms. The molecule has 1 aromatic carbocycles. The molecular weight excluding hydrogens is 240 g/mol. The number of nitrogens with one attached hydrogen (secondary N) is 1. The summed E-state index contributed by atoms with van der Waals surface area (Å²) in [6.07, 6.45) is 0. The van der Waals surface area contributed by atoms with Gasteiger partial charge in [-0.2, -0.15) is 11.8 Å². The van der Waals surface area contributed by atoms with E-state index in [4.69, 9.17) is 0 Å². The lowest BCUT2D eigenvalue weighted by Gasteiger charge is -2.36. The molecule has 1 N–H and O–H groups in total. The van der Waals surface area contributed by atoms with Crippen molar-refractivity contribution < 1.29 is 0 Å². The highest BCUT2D eigenvalue weighted by atomic mass is 32.2. The van der Waals surface area contributed by atoms with Gasteiger partial charge in [-0.15, -0.1) is 0 Å². The third-order valence-corrected chi connectivity index (χ3v) is 4.71.